The Bertz CT molecular complexity index is 385. The Balaban J connectivity index is 2.24. The van der Waals surface area contributed by atoms with Gasteiger partial charge < -0.3 is 0 Å². The second-order valence-corrected chi connectivity index (χ2v) is 14.5. The van der Waals surface area contributed by atoms with Crippen molar-refractivity contribution in [3.63, 3.8) is 0 Å². The Morgan fingerprint density at radius 2 is 2.39 bits per heavy atom. The van der Waals surface area contributed by atoms with Gasteiger partial charge in [-0.2, -0.15) is 0 Å². The van der Waals surface area contributed by atoms with Gasteiger partial charge in [-0.25, -0.2) is 0 Å². The van der Waals surface area contributed by atoms with Crippen molar-refractivity contribution >= 4 is 33.1 Å². The van der Waals surface area contributed by atoms with E-state index in [9.17, 15) is 0 Å². The number of fused-ring (bicyclic) bond motifs is 1. The molecule has 1 aliphatic carbocycles. The number of pyridine rings is 1. The third-order valence-electron chi connectivity index (χ3n) is 3.87. The van der Waals surface area contributed by atoms with E-state index in [1.54, 1.807) is 5.56 Å². The number of hydrogen-bond acceptors (Lipinski definition) is 1. The molecule has 2 rings (SSSR count). The second-order valence-electron chi connectivity index (χ2n) is 5.00. The van der Waals surface area contributed by atoms with Gasteiger partial charge in [0.25, 0.3) is 0 Å². The summed E-state index contributed by atoms with van der Waals surface area (Å²) in [5.74, 6) is 0.900. The van der Waals surface area contributed by atoms with Crippen LogP contribution >= 0.6 is 33.1 Å². The molecule has 0 amide bonds. The van der Waals surface area contributed by atoms with E-state index < -0.39 is 0 Å². The molecule has 1 heterocycles. The highest BCUT2D eigenvalue weighted by Crippen LogP contribution is 2.77. The van der Waals surface area contributed by atoms with Crippen LogP contribution < -0.4 is 0 Å². The summed E-state index contributed by atoms with van der Waals surface area (Å²) in [5.41, 5.74) is 3.90. The maximum absolute atomic E-state index is 4.30. The third-order valence-corrected chi connectivity index (χ3v) is 14.9. The normalized spacial score (nSPS) is 25.3. The fourth-order valence-corrected chi connectivity index (χ4v) is 8.57. The molecule has 0 saturated heterocycles. The van der Waals surface area contributed by atoms with Gasteiger partial charge in [0.15, 0.2) is 0 Å². The molecule has 4 unspecified atom stereocenters. The van der Waals surface area contributed by atoms with E-state index in [0.717, 1.165) is 19.5 Å². The Kier molecular flexibility index (Phi) is 6.44. The van der Waals surface area contributed by atoms with E-state index in [0.29, 0.717) is 0 Å². The number of nitrogens with zero attached hydrogens (tertiary/aromatic N) is 1. The van der Waals surface area contributed by atoms with E-state index in [2.05, 4.69) is 42.0 Å². The molecule has 100 valence electrons. The van der Waals surface area contributed by atoms with Gasteiger partial charge in [0, 0.05) is 18.1 Å². The van der Waals surface area contributed by atoms with E-state index in [1.807, 2.05) is 6.20 Å². The van der Waals surface area contributed by atoms with Gasteiger partial charge >= 0.3 is 0 Å². The lowest BCUT2D eigenvalue weighted by Crippen LogP contribution is -2.18. The lowest BCUT2D eigenvalue weighted by Gasteiger charge is -2.37. The Hall–Kier alpha value is 0.870. The quantitative estimate of drug-likeness (QED) is 0.651. The first kappa shape index (κ1) is 15.3. The molecule has 0 aliphatic heterocycles. The molecule has 0 fully saturated rings. The Morgan fingerprint density at radius 3 is 3.11 bits per heavy atom. The van der Waals surface area contributed by atoms with Crippen molar-refractivity contribution in [3.8, 4) is 0 Å². The molecule has 6 atom stereocenters. The monoisotopic (exact) mass is 317 g/mol. The molecule has 1 aromatic rings. The highest BCUT2D eigenvalue weighted by Gasteiger charge is 2.32. The Labute approximate surface area is 118 Å². The van der Waals surface area contributed by atoms with E-state index >= 15 is 0 Å². The average molecular weight is 317 g/mol. The molecule has 0 saturated carbocycles. The number of rotatable bonds is 5. The number of aromatic nitrogens is 1. The largest absolute Gasteiger partial charge is 0.264 e. The fourth-order valence-electron chi connectivity index (χ4n) is 2.91. The van der Waals surface area contributed by atoms with Crippen molar-refractivity contribution in [2.24, 2.45) is 5.92 Å². The summed E-state index contributed by atoms with van der Waals surface area (Å²) < 4.78 is 0. The van der Waals surface area contributed by atoms with Crippen LogP contribution in [0, 0.1) is 5.92 Å². The summed E-state index contributed by atoms with van der Waals surface area (Å²) in [7, 11) is 7.15. The first-order valence-corrected chi connectivity index (χ1v) is 13.4. The fraction of sp³-hybridized carbons (Fsp3) is 0.615. The standard InChI is InChI=1S/C13H23NP4/c1-2-3-4-10-5-6-11-9-14-8-7-12(11)13(10)18(16)17-15/h7-10,13,17H,2-6,15-16H2,1H3/t10-,13-,18?/m0/s1. The van der Waals surface area contributed by atoms with Crippen LogP contribution in [0.1, 0.15) is 49.4 Å². The maximum Gasteiger partial charge on any atom is 0.0302 e. The van der Waals surface area contributed by atoms with Crippen molar-refractivity contribution in [2.75, 3.05) is 0 Å². The van der Waals surface area contributed by atoms with Crippen LogP contribution in [0.5, 0.6) is 0 Å². The van der Waals surface area contributed by atoms with E-state index in [1.165, 1.54) is 37.7 Å². The smallest absolute Gasteiger partial charge is 0.0302 e. The lowest BCUT2D eigenvalue weighted by atomic mass is 9.82. The predicted octanol–water partition coefficient (Wildman–Crippen LogP) is 5.53. The van der Waals surface area contributed by atoms with Crippen molar-refractivity contribution in [3.05, 3.63) is 29.6 Å². The molecule has 1 aromatic heterocycles. The second kappa shape index (κ2) is 7.60. The van der Waals surface area contributed by atoms with E-state index in [-0.39, 0.29) is 7.30 Å². The van der Waals surface area contributed by atoms with E-state index in [4.69, 9.17) is 0 Å². The minimum atomic E-state index is 0.0407. The van der Waals surface area contributed by atoms with Gasteiger partial charge in [-0.1, -0.05) is 35.0 Å². The summed E-state index contributed by atoms with van der Waals surface area (Å²) in [4.78, 5) is 4.30. The van der Waals surface area contributed by atoms with Crippen LogP contribution in [0.25, 0.3) is 0 Å². The first-order chi connectivity index (χ1) is 8.77. The maximum atomic E-state index is 4.30. The molecule has 0 aromatic carbocycles. The molecular formula is C13H23NP4. The Morgan fingerprint density at radius 1 is 1.56 bits per heavy atom. The number of unbranched alkanes of at least 4 members (excludes halogenated alkanes) is 1. The number of aryl methyl sites for hydroxylation is 1. The van der Waals surface area contributed by atoms with Gasteiger partial charge in [0.05, 0.1) is 0 Å². The van der Waals surface area contributed by atoms with Crippen molar-refractivity contribution < 1.29 is 0 Å². The summed E-state index contributed by atoms with van der Waals surface area (Å²) in [6, 6.07) is 2.28. The molecule has 0 radical (unpaired) electrons. The summed E-state index contributed by atoms with van der Waals surface area (Å²) in [6.07, 6.45) is 10.8. The summed E-state index contributed by atoms with van der Waals surface area (Å²) in [5, 5.41) is 0. The van der Waals surface area contributed by atoms with Gasteiger partial charge in [-0.05, 0) is 42.4 Å². The zero-order valence-corrected chi connectivity index (χ0v) is 15.2. The summed E-state index contributed by atoms with van der Waals surface area (Å²) in [6.45, 7) is 2.30. The predicted molar refractivity (Wildman–Crippen MR) is 93.0 cm³/mol. The van der Waals surface area contributed by atoms with Gasteiger partial charge in [0.2, 0.25) is 0 Å². The minimum Gasteiger partial charge on any atom is -0.264 e. The zero-order valence-electron chi connectivity index (χ0n) is 11.0. The average Bonchev–Trinajstić information content (AvgIpc) is 2.43. The molecular weight excluding hydrogens is 294 g/mol. The molecule has 5 heteroatoms. The lowest BCUT2D eigenvalue weighted by molar-refractivity contribution is 0.403. The van der Waals surface area contributed by atoms with Gasteiger partial charge in [0.1, 0.15) is 0 Å². The van der Waals surface area contributed by atoms with Crippen LogP contribution in [-0.4, -0.2) is 4.98 Å². The third kappa shape index (κ3) is 3.49. The zero-order chi connectivity index (χ0) is 13.0. The van der Waals surface area contributed by atoms with Crippen molar-refractivity contribution in [1.82, 2.24) is 4.98 Å². The number of hydrogen-bond donors (Lipinski definition) is 0. The van der Waals surface area contributed by atoms with Crippen molar-refractivity contribution in [1.29, 1.82) is 0 Å². The SMILES string of the molecule is CCCC[C@H]1CCc2cnccc2[C@H]1P(P)PP. The summed E-state index contributed by atoms with van der Waals surface area (Å²) >= 11 is 0. The molecule has 1 nitrogen and oxygen atoms in total. The highest BCUT2D eigenvalue weighted by molar-refractivity contribution is 8.61. The molecule has 0 spiro atoms. The van der Waals surface area contributed by atoms with Crippen LogP contribution in [0.4, 0.5) is 0 Å². The molecule has 18 heavy (non-hydrogen) atoms. The van der Waals surface area contributed by atoms with Crippen molar-refractivity contribution in [2.45, 2.75) is 44.7 Å². The molecule has 1 aliphatic rings. The van der Waals surface area contributed by atoms with Crippen LogP contribution in [0.3, 0.4) is 0 Å². The molecule has 0 N–H and O–H groups in total. The van der Waals surface area contributed by atoms with Gasteiger partial charge in [-0.3, -0.25) is 4.98 Å². The topological polar surface area (TPSA) is 12.9 Å². The minimum absolute atomic E-state index is 0.0407. The first-order valence-electron chi connectivity index (χ1n) is 6.70. The van der Waals surface area contributed by atoms with Crippen LogP contribution in [-0.2, 0) is 6.42 Å². The van der Waals surface area contributed by atoms with Crippen LogP contribution in [0.15, 0.2) is 18.5 Å². The van der Waals surface area contributed by atoms with Gasteiger partial charge in [-0.15, -0.1) is 17.9 Å². The highest BCUT2D eigenvalue weighted by atomic mass is 32.6. The molecule has 0 bridgehead atoms. The van der Waals surface area contributed by atoms with Crippen LogP contribution in [0.2, 0.25) is 0 Å².